The van der Waals surface area contributed by atoms with Crippen molar-refractivity contribution in [2.45, 2.75) is 13.0 Å². The Balaban J connectivity index is 1.53. The number of hydrogen-bond acceptors (Lipinski definition) is 6. The predicted molar refractivity (Wildman–Crippen MR) is 130 cm³/mol. The molecule has 1 amide bonds. The lowest BCUT2D eigenvalue weighted by molar-refractivity contribution is 0.0730. The fourth-order valence-corrected chi connectivity index (χ4v) is 4.42. The molecule has 0 N–H and O–H groups in total. The van der Waals surface area contributed by atoms with Gasteiger partial charge in [-0.2, -0.15) is 0 Å². The van der Waals surface area contributed by atoms with E-state index in [1.165, 1.54) is 0 Å². The van der Waals surface area contributed by atoms with Crippen LogP contribution in [-0.2, 0) is 13.0 Å². The van der Waals surface area contributed by atoms with Gasteiger partial charge in [0.2, 0.25) is 0 Å². The Bertz CT molecular complexity index is 1370. The van der Waals surface area contributed by atoms with E-state index in [0.29, 0.717) is 36.8 Å². The summed E-state index contributed by atoms with van der Waals surface area (Å²) in [6.45, 7) is 1.04. The van der Waals surface area contributed by atoms with Gasteiger partial charge >= 0.3 is 0 Å². The van der Waals surface area contributed by atoms with Crippen molar-refractivity contribution in [2.75, 3.05) is 27.9 Å². The number of para-hydroxylation sites is 1. The number of rotatable bonds is 5. The molecule has 7 heteroatoms. The van der Waals surface area contributed by atoms with Gasteiger partial charge in [0.15, 0.2) is 17.3 Å². The Labute approximate surface area is 197 Å². The molecule has 0 aliphatic carbocycles. The van der Waals surface area contributed by atoms with E-state index >= 15 is 0 Å². The normalized spacial score (nSPS) is 12.9. The van der Waals surface area contributed by atoms with E-state index in [9.17, 15) is 4.79 Å². The molecule has 0 saturated carbocycles. The molecule has 34 heavy (non-hydrogen) atoms. The number of amides is 1. The summed E-state index contributed by atoms with van der Waals surface area (Å²) in [5, 5.41) is 0.739. The van der Waals surface area contributed by atoms with Crippen molar-refractivity contribution in [3.05, 3.63) is 77.5 Å². The molecule has 5 rings (SSSR count). The van der Waals surface area contributed by atoms with E-state index in [4.69, 9.17) is 24.2 Å². The summed E-state index contributed by atoms with van der Waals surface area (Å²) in [4.78, 5) is 25.0. The van der Waals surface area contributed by atoms with Crippen LogP contribution in [0.15, 0.2) is 60.7 Å². The number of fused-ring (bicyclic) bond motifs is 2. The Morgan fingerprint density at radius 3 is 2.41 bits per heavy atom. The van der Waals surface area contributed by atoms with Crippen molar-refractivity contribution in [3.63, 3.8) is 0 Å². The molecule has 0 radical (unpaired) electrons. The van der Waals surface area contributed by atoms with Gasteiger partial charge in [0, 0.05) is 29.6 Å². The zero-order valence-corrected chi connectivity index (χ0v) is 19.4. The Morgan fingerprint density at radius 1 is 0.882 bits per heavy atom. The SMILES string of the molecule is COc1ccc(-c2nc(C(=O)N3CCc4c(ccc(OC)c4OC)C3)c3ccccc3n2)cc1. The summed E-state index contributed by atoms with van der Waals surface area (Å²) in [7, 11) is 4.90. The Hall–Kier alpha value is -4.13. The number of hydrogen-bond donors (Lipinski definition) is 0. The smallest absolute Gasteiger partial charge is 0.273 e. The molecule has 0 atom stereocenters. The molecule has 3 aromatic carbocycles. The largest absolute Gasteiger partial charge is 0.497 e. The topological polar surface area (TPSA) is 73.8 Å². The molecule has 172 valence electrons. The first-order valence-corrected chi connectivity index (χ1v) is 11.1. The van der Waals surface area contributed by atoms with Crippen LogP contribution in [0.25, 0.3) is 22.3 Å². The van der Waals surface area contributed by atoms with Crippen molar-refractivity contribution >= 4 is 16.8 Å². The zero-order valence-electron chi connectivity index (χ0n) is 19.4. The maximum absolute atomic E-state index is 13.7. The number of nitrogens with zero attached hydrogens (tertiary/aromatic N) is 3. The average Bonchev–Trinajstić information content (AvgIpc) is 2.91. The lowest BCUT2D eigenvalue weighted by atomic mass is 9.97. The van der Waals surface area contributed by atoms with Gasteiger partial charge in [-0.25, -0.2) is 9.97 Å². The van der Waals surface area contributed by atoms with Crippen molar-refractivity contribution in [1.29, 1.82) is 0 Å². The molecule has 2 heterocycles. The summed E-state index contributed by atoms with van der Waals surface area (Å²) in [5.74, 6) is 2.58. The third-order valence-electron chi connectivity index (χ3n) is 6.18. The van der Waals surface area contributed by atoms with Crippen LogP contribution in [0.2, 0.25) is 0 Å². The van der Waals surface area contributed by atoms with Crippen molar-refractivity contribution in [1.82, 2.24) is 14.9 Å². The second-order valence-electron chi connectivity index (χ2n) is 8.06. The molecular weight excluding hydrogens is 430 g/mol. The molecule has 1 aliphatic rings. The van der Waals surface area contributed by atoms with Crippen LogP contribution < -0.4 is 14.2 Å². The molecule has 0 bridgehead atoms. The molecule has 1 aliphatic heterocycles. The maximum atomic E-state index is 13.7. The summed E-state index contributed by atoms with van der Waals surface area (Å²) in [5.41, 5.74) is 4.08. The van der Waals surface area contributed by atoms with Gasteiger partial charge < -0.3 is 19.1 Å². The standard InChI is InChI=1S/C27H25N3O4/c1-32-19-11-8-17(9-12-19)26-28-22-7-5-4-6-21(22)24(29-26)27(31)30-15-14-20-18(16-30)10-13-23(33-2)25(20)34-3/h4-13H,14-16H2,1-3H3. The molecule has 7 nitrogen and oxygen atoms in total. The lowest BCUT2D eigenvalue weighted by Gasteiger charge is -2.30. The van der Waals surface area contributed by atoms with Gasteiger partial charge in [-0.1, -0.05) is 24.3 Å². The molecule has 0 spiro atoms. The van der Waals surface area contributed by atoms with Crippen LogP contribution in [0.5, 0.6) is 17.2 Å². The number of carbonyl (C=O) groups excluding carboxylic acids is 1. The number of benzene rings is 3. The molecule has 1 aromatic heterocycles. The minimum absolute atomic E-state index is 0.117. The first-order valence-electron chi connectivity index (χ1n) is 11.1. The van der Waals surface area contributed by atoms with Crippen molar-refractivity contribution < 1.29 is 19.0 Å². The third-order valence-corrected chi connectivity index (χ3v) is 6.18. The summed E-state index contributed by atoms with van der Waals surface area (Å²) >= 11 is 0. The van der Waals surface area contributed by atoms with Crippen LogP contribution in [-0.4, -0.2) is 48.6 Å². The summed E-state index contributed by atoms with van der Waals surface area (Å²) < 4.78 is 16.3. The molecule has 0 unspecified atom stereocenters. The van der Waals surface area contributed by atoms with E-state index in [-0.39, 0.29) is 5.91 Å². The Kier molecular flexibility index (Phi) is 5.76. The van der Waals surface area contributed by atoms with Crippen LogP contribution in [0.4, 0.5) is 0 Å². The molecule has 0 saturated heterocycles. The van der Waals surface area contributed by atoms with E-state index in [1.54, 1.807) is 21.3 Å². The monoisotopic (exact) mass is 455 g/mol. The van der Waals surface area contributed by atoms with E-state index < -0.39 is 0 Å². The van der Waals surface area contributed by atoms with Gasteiger partial charge in [-0.15, -0.1) is 0 Å². The maximum Gasteiger partial charge on any atom is 0.273 e. The third kappa shape index (κ3) is 3.79. The van der Waals surface area contributed by atoms with Gasteiger partial charge in [0.05, 0.1) is 26.8 Å². The van der Waals surface area contributed by atoms with E-state index in [2.05, 4.69) is 0 Å². The number of ether oxygens (including phenoxy) is 3. The highest BCUT2D eigenvalue weighted by Gasteiger charge is 2.28. The highest BCUT2D eigenvalue weighted by Crippen LogP contribution is 2.37. The average molecular weight is 456 g/mol. The lowest BCUT2D eigenvalue weighted by Crippen LogP contribution is -2.36. The first-order chi connectivity index (χ1) is 16.6. The van der Waals surface area contributed by atoms with Crippen LogP contribution in [0.1, 0.15) is 21.6 Å². The number of methoxy groups -OCH3 is 3. The van der Waals surface area contributed by atoms with E-state index in [0.717, 1.165) is 39.1 Å². The fraction of sp³-hybridized carbons (Fsp3) is 0.222. The second-order valence-corrected chi connectivity index (χ2v) is 8.06. The molecular formula is C27H25N3O4. The summed E-state index contributed by atoms with van der Waals surface area (Å²) in [6, 6.07) is 19.0. The van der Waals surface area contributed by atoms with Gasteiger partial charge in [0.25, 0.3) is 5.91 Å². The molecule has 4 aromatic rings. The van der Waals surface area contributed by atoms with Gasteiger partial charge in [0.1, 0.15) is 11.4 Å². The minimum atomic E-state index is -0.117. The van der Waals surface area contributed by atoms with Crippen molar-refractivity contribution in [2.24, 2.45) is 0 Å². The predicted octanol–water partition coefficient (Wildman–Crippen LogP) is 4.52. The number of carbonyl (C=O) groups is 1. The van der Waals surface area contributed by atoms with Crippen LogP contribution in [0.3, 0.4) is 0 Å². The summed E-state index contributed by atoms with van der Waals surface area (Å²) in [6.07, 6.45) is 0.676. The van der Waals surface area contributed by atoms with Gasteiger partial charge in [-0.05, 0) is 48.4 Å². The zero-order chi connectivity index (χ0) is 23.7. The first kappa shape index (κ1) is 21.7. The minimum Gasteiger partial charge on any atom is -0.497 e. The highest BCUT2D eigenvalue weighted by atomic mass is 16.5. The van der Waals surface area contributed by atoms with Crippen molar-refractivity contribution in [3.8, 4) is 28.6 Å². The van der Waals surface area contributed by atoms with Gasteiger partial charge in [-0.3, -0.25) is 4.79 Å². The second kappa shape index (κ2) is 9.02. The van der Waals surface area contributed by atoms with E-state index in [1.807, 2.05) is 65.6 Å². The number of aromatic nitrogens is 2. The quantitative estimate of drug-likeness (QED) is 0.441. The van der Waals surface area contributed by atoms with Crippen LogP contribution in [0, 0.1) is 0 Å². The highest BCUT2D eigenvalue weighted by molar-refractivity contribution is 6.05. The molecule has 0 fully saturated rings. The van der Waals surface area contributed by atoms with Crippen LogP contribution >= 0.6 is 0 Å². The Morgan fingerprint density at radius 2 is 1.68 bits per heavy atom. The fourth-order valence-electron chi connectivity index (χ4n) is 4.42.